The Hall–Kier alpha value is -4.47. The quantitative estimate of drug-likeness (QED) is 0.149. The van der Waals surface area contributed by atoms with Gasteiger partial charge in [-0.05, 0) is 30.7 Å². The Balaban J connectivity index is 1.48. The van der Waals surface area contributed by atoms with E-state index in [1.165, 1.54) is 50.4 Å². The van der Waals surface area contributed by atoms with Gasteiger partial charge in [0.25, 0.3) is 0 Å². The number of ether oxygens (including phenoxy) is 5. The standard InChI is InChI=1S/C31H32O14/c1-11-26(38)27(39)28(40)31(42-11)44-23-7-15-17(33)9-22-25(30(15)45-29(23)12-3-4-16(32)18(34)5-12)14(8-24(37)41-2)13-6-19(35)20(36)10-21(13)43-22/h3-6,9-11,14,23,26-29,31-36,38-40H,7-8H2,1-2H3/t11-,14-,23-,26-,27+,28+,29+,31-/m0/s1. The molecule has 0 radical (unpaired) electrons. The van der Waals surface area contributed by atoms with Crippen LogP contribution < -0.4 is 9.47 Å². The normalized spacial score (nSPS) is 28.6. The van der Waals surface area contributed by atoms with Gasteiger partial charge in [0.1, 0.15) is 47.4 Å². The SMILES string of the molecule is COC(=O)C[C@H]1c2cc(O)c(O)cc2Oc2cc(O)c3c(c21)O[C@H](c1ccc(O)c(O)c1)[C@@H](O[C@@H]1O[C@@H](C)[C@H](O)[C@@H](O)[C@H]1O)C3. The minimum absolute atomic E-state index is 0.0843. The Bertz CT molecular complexity index is 1640. The molecule has 1 fully saturated rings. The second kappa shape index (κ2) is 11.5. The number of fused-ring (bicyclic) bond motifs is 4. The molecular formula is C31H32O14. The number of hydrogen-bond acceptors (Lipinski definition) is 14. The molecule has 0 spiro atoms. The summed E-state index contributed by atoms with van der Waals surface area (Å²) in [7, 11) is 1.22. The number of aliphatic hydroxyl groups excluding tert-OH is 3. The number of rotatable bonds is 5. The molecule has 14 heteroatoms. The van der Waals surface area contributed by atoms with E-state index in [9.17, 15) is 45.6 Å². The lowest BCUT2D eigenvalue weighted by molar-refractivity contribution is -0.310. The van der Waals surface area contributed by atoms with Crippen LogP contribution in [0.25, 0.3) is 0 Å². The van der Waals surface area contributed by atoms with Crippen molar-refractivity contribution in [1.82, 2.24) is 0 Å². The summed E-state index contributed by atoms with van der Waals surface area (Å²) in [6, 6.07) is 7.70. The summed E-state index contributed by atoms with van der Waals surface area (Å²) in [5, 5.41) is 83.0. The van der Waals surface area contributed by atoms with E-state index in [4.69, 9.17) is 23.7 Å². The van der Waals surface area contributed by atoms with Crippen LogP contribution in [-0.4, -0.2) is 90.7 Å². The van der Waals surface area contributed by atoms with Crippen molar-refractivity contribution in [3.8, 4) is 46.0 Å². The average Bonchev–Trinajstić information content (AvgIpc) is 3.00. The lowest BCUT2D eigenvalue weighted by Gasteiger charge is -2.43. The van der Waals surface area contributed by atoms with Gasteiger partial charge >= 0.3 is 5.97 Å². The monoisotopic (exact) mass is 628 g/mol. The molecule has 0 bridgehead atoms. The zero-order valence-corrected chi connectivity index (χ0v) is 24.0. The van der Waals surface area contributed by atoms with Gasteiger partial charge in [0.2, 0.25) is 0 Å². The first kappa shape index (κ1) is 30.6. The van der Waals surface area contributed by atoms with Crippen LogP contribution in [0.4, 0.5) is 0 Å². The average molecular weight is 629 g/mol. The molecule has 8 N–H and O–H groups in total. The predicted octanol–water partition coefficient (Wildman–Crippen LogP) is 1.90. The lowest BCUT2D eigenvalue weighted by Crippen LogP contribution is -2.58. The van der Waals surface area contributed by atoms with Crippen molar-refractivity contribution in [2.24, 2.45) is 0 Å². The molecule has 3 aliphatic rings. The fourth-order valence-corrected chi connectivity index (χ4v) is 6.03. The third kappa shape index (κ3) is 5.30. The maximum Gasteiger partial charge on any atom is 0.306 e. The zero-order valence-electron chi connectivity index (χ0n) is 24.0. The summed E-state index contributed by atoms with van der Waals surface area (Å²) < 4.78 is 29.2. The highest BCUT2D eigenvalue weighted by molar-refractivity contribution is 5.75. The molecule has 0 aliphatic carbocycles. The molecule has 3 heterocycles. The molecule has 240 valence electrons. The van der Waals surface area contributed by atoms with E-state index in [1.807, 2.05) is 0 Å². The second-order valence-electron chi connectivity index (χ2n) is 11.3. The summed E-state index contributed by atoms with van der Waals surface area (Å²) >= 11 is 0. The van der Waals surface area contributed by atoms with E-state index < -0.39 is 77.8 Å². The first-order valence-corrected chi connectivity index (χ1v) is 14.1. The molecular weight excluding hydrogens is 596 g/mol. The Morgan fingerprint density at radius 2 is 1.56 bits per heavy atom. The van der Waals surface area contributed by atoms with Gasteiger partial charge in [0.05, 0.1) is 19.6 Å². The van der Waals surface area contributed by atoms with Crippen LogP contribution in [0.1, 0.15) is 47.6 Å². The number of phenols is 5. The first-order valence-electron chi connectivity index (χ1n) is 14.1. The van der Waals surface area contributed by atoms with E-state index in [2.05, 4.69) is 0 Å². The highest BCUT2D eigenvalue weighted by atomic mass is 16.7. The number of carbonyl (C=O) groups is 1. The van der Waals surface area contributed by atoms with Gasteiger partial charge in [-0.3, -0.25) is 4.79 Å². The molecule has 0 unspecified atom stereocenters. The van der Waals surface area contributed by atoms with Crippen LogP contribution in [0.2, 0.25) is 0 Å². The summed E-state index contributed by atoms with van der Waals surface area (Å²) in [5.41, 5.74) is 1.18. The van der Waals surface area contributed by atoms with Gasteiger partial charge in [0, 0.05) is 41.2 Å². The van der Waals surface area contributed by atoms with Crippen LogP contribution in [0.5, 0.6) is 46.0 Å². The molecule has 3 aliphatic heterocycles. The first-order chi connectivity index (χ1) is 21.4. The van der Waals surface area contributed by atoms with Crippen molar-refractivity contribution in [3.05, 3.63) is 58.7 Å². The van der Waals surface area contributed by atoms with Crippen LogP contribution >= 0.6 is 0 Å². The van der Waals surface area contributed by atoms with Crippen LogP contribution in [0.15, 0.2) is 36.4 Å². The maximum atomic E-state index is 12.6. The fraction of sp³-hybridized carbons (Fsp3) is 0.387. The van der Waals surface area contributed by atoms with Crippen LogP contribution in [0.3, 0.4) is 0 Å². The van der Waals surface area contributed by atoms with Crippen molar-refractivity contribution in [1.29, 1.82) is 0 Å². The van der Waals surface area contributed by atoms with Crippen molar-refractivity contribution in [3.63, 3.8) is 0 Å². The highest BCUT2D eigenvalue weighted by Gasteiger charge is 2.47. The van der Waals surface area contributed by atoms with Gasteiger partial charge in [-0.1, -0.05) is 6.07 Å². The van der Waals surface area contributed by atoms with Crippen LogP contribution in [-0.2, 0) is 25.4 Å². The van der Waals surface area contributed by atoms with E-state index in [1.54, 1.807) is 0 Å². The van der Waals surface area contributed by atoms with Gasteiger partial charge < -0.3 is 64.5 Å². The topological polar surface area (TPSA) is 225 Å². The molecule has 0 aromatic heterocycles. The fourth-order valence-electron chi connectivity index (χ4n) is 6.03. The summed E-state index contributed by atoms with van der Waals surface area (Å²) in [6.45, 7) is 1.49. The molecule has 3 aromatic carbocycles. The smallest absolute Gasteiger partial charge is 0.306 e. The molecule has 1 saturated heterocycles. The second-order valence-corrected chi connectivity index (χ2v) is 11.3. The van der Waals surface area contributed by atoms with Crippen molar-refractivity contribution in [2.75, 3.05) is 7.11 Å². The maximum absolute atomic E-state index is 12.6. The highest BCUT2D eigenvalue weighted by Crippen LogP contribution is 2.57. The Morgan fingerprint density at radius 1 is 0.867 bits per heavy atom. The minimum atomic E-state index is -1.65. The number of aliphatic hydroxyl groups is 3. The Morgan fingerprint density at radius 3 is 2.27 bits per heavy atom. The largest absolute Gasteiger partial charge is 0.507 e. The number of phenolic OH excluding ortho intramolecular Hbond substituents is 5. The van der Waals surface area contributed by atoms with Crippen LogP contribution in [0, 0.1) is 0 Å². The molecule has 45 heavy (non-hydrogen) atoms. The molecule has 0 amide bonds. The molecule has 3 aromatic rings. The number of methoxy groups -OCH3 is 1. The van der Waals surface area contributed by atoms with Gasteiger partial charge in [-0.25, -0.2) is 0 Å². The van der Waals surface area contributed by atoms with E-state index >= 15 is 0 Å². The van der Waals surface area contributed by atoms with E-state index in [0.29, 0.717) is 16.7 Å². The van der Waals surface area contributed by atoms with Crippen molar-refractivity contribution >= 4 is 5.97 Å². The molecule has 0 saturated carbocycles. The Kier molecular flexibility index (Phi) is 7.79. The zero-order chi connectivity index (χ0) is 32.3. The van der Waals surface area contributed by atoms with Gasteiger partial charge in [-0.15, -0.1) is 0 Å². The number of esters is 1. The predicted molar refractivity (Wildman–Crippen MR) is 151 cm³/mol. The lowest BCUT2D eigenvalue weighted by atomic mass is 9.81. The minimum Gasteiger partial charge on any atom is -0.507 e. The van der Waals surface area contributed by atoms with Gasteiger partial charge in [-0.2, -0.15) is 0 Å². The molecule has 8 atom stereocenters. The third-order valence-corrected chi connectivity index (χ3v) is 8.44. The Labute approximate surface area is 255 Å². The number of hydrogen-bond donors (Lipinski definition) is 8. The molecule has 6 rings (SSSR count). The van der Waals surface area contributed by atoms with Gasteiger partial charge in [0.15, 0.2) is 35.4 Å². The number of aromatic hydroxyl groups is 5. The number of carbonyl (C=O) groups excluding carboxylic acids is 1. The number of benzene rings is 3. The summed E-state index contributed by atoms with van der Waals surface area (Å²) in [6.07, 6.45) is -9.42. The summed E-state index contributed by atoms with van der Waals surface area (Å²) in [5.74, 6) is -3.18. The summed E-state index contributed by atoms with van der Waals surface area (Å²) in [4.78, 5) is 12.6. The van der Waals surface area contributed by atoms with Crippen molar-refractivity contribution < 1.29 is 69.3 Å². The van der Waals surface area contributed by atoms with E-state index in [-0.39, 0.29) is 41.4 Å². The third-order valence-electron chi connectivity index (χ3n) is 8.44. The van der Waals surface area contributed by atoms with Crippen molar-refractivity contribution in [2.45, 2.75) is 68.6 Å². The molecule has 14 nitrogen and oxygen atoms in total. The van der Waals surface area contributed by atoms with E-state index in [0.717, 1.165) is 0 Å².